The number of aromatic amines is 1. The zero-order valence-electron chi connectivity index (χ0n) is 11.5. The summed E-state index contributed by atoms with van der Waals surface area (Å²) in [7, 11) is 0. The first kappa shape index (κ1) is 15.1. The van der Waals surface area contributed by atoms with Gasteiger partial charge in [-0.2, -0.15) is 11.8 Å². The maximum atomic E-state index is 12.0. The fourth-order valence-corrected chi connectivity index (χ4v) is 3.88. The molecule has 0 spiro atoms. The monoisotopic (exact) mass is 344 g/mol. The largest absolute Gasteiger partial charge is 0.309 e. The number of nitrogens with zero attached hydrogens (tertiary/aromatic N) is 1. The van der Waals surface area contributed by atoms with Gasteiger partial charge < -0.3 is 4.98 Å². The standard InChI is InChI=1S/C14H21BrN2OS/c1-9(2)7-19-8-11-16-13(10-5-3-4-6-10)12(15)14(18)17-11/h9-10H,3-8H2,1-2H3,(H,16,17,18). The van der Waals surface area contributed by atoms with Gasteiger partial charge in [0.25, 0.3) is 5.56 Å². The van der Waals surface area contributed by atoms with Crippen molar-refractivity contribution in [2.45, 2.75) is 51.2 Å². The third-order valence-corrected chi connectivity index (χ3v) is 5.52. The molecule has 0 aromatic carbocycles. The zero-order valence-corrected chi connectivity index (χ0v) is 13.9. The number of hydrogen-bond acceptors (Lipinski definition) is 3. The Labute approximate surface area is 127 Å². The van der Waals surface area contributed by atoms with Crippen molar-refractivity contribution < 1.29 is 0 Å². The van der Waals surface area contributed by atoms with Gasteiger partial charge in [-0.05, 0) is 40.4 Å². The number of rotatable bonds is 5. The van der Waals surface area contributed by atoms with Gasteiger partial charge in [0.15, 0.2) is 0 Å². The van der Waals surface area contributed by atoms with E-state index >= 15 is 0 Å². The summed E-state index contributed by atoms with van der Waals surface area (Å²) in [6.45, 7) is 4.41. The summed E-state index contributed by atoms with van der Waals surface area (Å²) in [6.07, 6.45) is 4.83. The Balaban J connectivity index is 2.14. The highest BCUT2D eigenvalue weighted by Gasteiger charge is 2.22. The first-order valence-electron chi connectivity index (χ1n) is 6.94. The van der Waals surface area contributed by atoms with Crippen LogP contribution in [-0.2, 0) is 5.75 Å². The van der Waals surface area contributed by atoms with Gasteiger partial charge in [0.2, 0.25) is 0 Å². The summed E-state index contributed by atoms with van der Waals surface area (Å²) in [6, 6.07) is 0. The van der Waals surface area contributed by atoms with Gasteiger partial charge in [-0.25, -0.2) is 4.98 Å². The second kappa shape index (κ2) is 6.93. The molecule has 0 saturated heterocycles. The van der Waals surface area contributed by atoms with Gasteiger partial charge in [0.1, 0.15) is 10.3 Å². The van der Waals surface area contributed by atoms with Crippen molar-refractivity contribution in [1.29, 1.82) is 0 Å². The van der Waals surface area contributed by atoms with E-state index < -0.39 is 0 Å². The molecule has 1 fully saturated rings. The molecule has 1 heterocycles. The van der Waals surface area contributed by atoms with Crippen LogP contribution in [0.5, 0.6) is 0 Å². The summed E-state index contributed by atoms with van der Waals surface area (Å²) >= 11 is 5.24. The Morgan fingerprint density at radius 1 is 1.42 bits per heavy atom. The van der Waals surface area contributed by atoms with Gasteiger partial charge in [-0.15, -0.1) is 0 Å². The lowest BCUT2D eigenvalue weighted by Gasteiger charge is -2.12. The predicted molar refractivity (Wildman–Crippen MR) is 84.8 cm³/mol. The van der Waals surface area contributed by atoms with Gasteiger partial charge in [0, 0.05) is 5.92 Å². The van der Waals surface area contributed by atoms with Crippen LogP contribution in [-0.4, -0.2) is 15.7 Å². The zero-order chi connectivity index (χ0) is 13.8. The Hall–Kier alpha value is -0.290. The normalized spacial score (nSPS) is 16.4. The topological polar surface area (TPSA) is 45.8 Å². The molecule has 106 valence electrons. The minimum atomic E-state index is -0.0305. The van der Waals surface area contributed by atoms with Crippen molar-refractivity contribution >= 4 is 27.7 Å². The molecule has 2 rings (SSSR count). The third kappa shape index (κ3) is 4.09. The van der Waals surface area contributed by atoms with E-state index in [-0.39, 0.29) is 5.56 Å². The molecule has 0 unspecified atom stereocenters. The highest BCUT2D eigenvalue weighted by Crippen LogP contribution is 2.35. The molecule has 1 aromatic heterocycles. The number of H-pyrrole nitrogens is 1. The van der Waals surface area contributed by atoms with Crippen molar-refractivity contribution in [3.8, 4) is 0 Å². The van der Waals surface area contributed by atoms with Crippen molar-refractivity contribution in [3.63, 3.8) is 0 Å². The minimum Gasteiger partial charge on any atom is -0.309 e. The molecule has 19 heavy (non-hydrogen) atoms. The summed E-state index contributed by atoms with van der Waals surface area (Å²) < 4.78 is 0.636. The minimum absolute atomic E-state index is 0.0305. The van der Waals surface area contributed by atoms with Gasteiger partial charge in [0.05, 0.1) is 11.4 Å². The molecule has 0 atom stereocenters. The molecule has 0 radical (unpaired) electrons. The SMILES string of the molecule is CC(C)CSCc1nc(C2CCCC2)c(Br)c(=O)[nH]1. The van der Waals surface area contributed by atoms with Crippen molar-refractivity contribution in [1.82, 2.24) is 9.97 Å². The molecule has 0 bridgehead atoms. The van der Waals surface area contributed by atoms with E-state index in [0.29, 0.717) is 16.3 Å². The quantitative estimate of drug-likeness (QED) is 0.875. The fourth-order valence-electron chi connectivity index (χ4n) is 2.45. The van der Waals surface area contributed by atoms with Crippen molar-refractivity contribution in [2.24, 2.45) is 5.92 Å². The highest BCUT2D eigenvalue weighted by atomic mass is 79.9. The van der Waals surface area contributed by atoms with E-state index in [9.17, 15) is 4.79 Å². The lowest BCUT2D eigenvalue weighted by Crippen LogP contribution is -2.17. The molecule has 1 aliphatic rings. The summed E-state index contributed by atoms with van der Waals surface area (Å²) in [5.41, 5.74) is 0.943. The molecule has 3 nitrogen and oxygen atoms in total. The van der Waals surface area contributed by atoms with Crippen molar-refractivity contribution in [2.75, 3.05) is 5.75 Å². The van der Waals surface area contributed by atoms with Crippen LogP contribution in [0.1, 0.15) is 57.0 Å². The number of hydrogen-bond donors (Lipinski definition) is 1. The van der Waals surface area contributed by atoms with Crippen LogP contribution in [0.15, 0.2) is 9.27 Å². The molecule has 1 saturated carbocycles. The van der Waals surface area contributed by atoms with Crippen LogP contribution >= 0.6 is 27.7 Å². The molecule has 5 heteroatoms. The lowest BCUT2D eigenvalue weighted by atomic mass is 10.0. The van der Waals surface area contributed by atoms with Crippen LogP contribution in [0.2, 0.25) is 0 Å². The van der Waals surface area contributed by atoms with Crippen molar-refractivity contribution in [3.05, 3.63) is 26.3 Å². The number of halogens is 1. The van der Waals surface area contributed by atoms with E-state index in [1.54, 1.807) is 0 Å². The Kier molecular flexibility index (Phi) is 5.51. The van der Waals surface area contributed by atoms with Crippen LogP contribution in [0.25, 0.3) is 0 Å². The molecule has 0 amide bonds. The summed E-state index contributed by atoms with van der Waals surface area (Å²) in [5.74, 6) is 3.84. The van der Waals surface area contributed by atoms with Crippen LogP contribution < -0.4 is 5.56 Å². The molecule has 1 aromatic rings. The molecule has 1 N–H and O–H groups in total. The smallest absolute Gasteiger partial charge is 0.265 e. The molecule has 1 aliphatic carbocycles. The fraction of sp³-hybridized carbons (Fsp3) is 0.714. The van der Waals surface area contributed by atoms with Gasteiger partial charge in [-0.3, -0.25) is 4.79 Å². The van der Waals surface area contributed by atoms with Gasteiger partial charge in [-0.1, -0.05) is 26.7 Å². The number of aromatic nitrogens is 2. The second-order valence-corrected chi connectivity index (χ2v) is 7.43. The van der Waals surface area contributed by atoms with Crippen LogP contribution in [0, 0.1) is 5.92 Å². The Bertz CT molecular complexity index is 481. The van der Waals surface area contributed by atoms with E-state index in [1.165, 1.54) is 12.8 Å². The average Bonchev–Trinajstić information content (AvgIpc) is 2.86. The van der Waals surface area contributed by atoms with E-state index in [4.69, 9.17) is 0 Å². The summed E-state index contributed by atoms with van der Waals surface area (Å²) in [4.78, 5) is 19.5. The molecular formula is C14H21BrN2OS. The number of thioether (sulfide) groups is 1. The lowest BCUT2D eigenvalue weighted by molar-refractivity contribution is 0.680. The van der Waals surface area contributed by atoms with E-state index in [2.05, 4.69) is 39.7 Å². The number of nitrogens with one attached hydrogen (secondary N) is 1. The Morgan fingerprint density at radius 2 is 2.11 bits per heavy atom. The maximum Gasteiger partial charge on any atom is 0.265 e. The first-order chi connectivity index (χ1) is 9.08. The third-order valence-electron chi connectivity index (χ3n) is 3.37. The molecule has 0 aliphatic heterocycles. The second-order valence-electron chi connectivity index (χ2n) is 5.60. The molecular weight excluding hydrogens is 324 g/mol. The van der Waals surface area contributed by atoms with Crippen LogP contribution in [0.3, 0.4) is 0 Å². The van der Waals surface area contributed by atoms with Crippen LogP contribution in [0.4, 0.5) is 0 Å². The Morgan fingerprint density at radius 3 is 2.74 bits per heavy atom. The highest BCUT2D eigenvalue weighted by molar-refractivity contribution is 9.10. The average molecular weight is 345 g/mol. The summed E-state index contributed by atoms with van der Waals surface area (Å²) in [5, 5.41) is 0. The van der Waals surface area contributed by atoms with E-state index in [1.807, 2.05) is 11.8 Å². The maximum absolute atomic E-state index is 12.0. The van der Waals surface area contributed by atoms with E-state index in [0.717, 1.165) is 35.9 Å². The van der Waals surface area contributed by atoms with Gasteiger partial charge >= 0.3 is 0 Å². The predicted octanol–water partition coefficient (Wildman–Crippen LogP) is 4.08. The first-order valence-corrected chi connectivity index (χ1v) is 8.89.